The Morgan fingerprint density at radius 1 is 1.00 bits per heavy atom. The maximum absolute atomic E-state index is 10.7. The molecule has 0 saturated heterocycles. The van der Waals surface area contributed by atoms with Gasteiger partial charge in [0, 0.05) is 0 Å². The summed E-state index contributed by atoms with van der Waals surface area (Å²) < 4.78 is 4.13. The molecule has 0 fully saturated rings. The number of carboxylic acid groups (broad SMARTS) is 3. The molecule has 1 unspecified atom stereocenters. The van der Waals surface area contributed by atoms with Gasteiger partial charge in [0.25, 0.3) is 0 Å². The number of aliphatic carboxylic acids is 3. The predicted octanol–water partition coefficient (Wildman–Crippen LogP) is -1.07. The lowest BCUT2D eigenvalue weighted by Crippen LogP contribution is -2.30. The molecule has 0 saturated carbocycles. The highest BCUT2D eigenvalue weighted by molar-refractivity contribution is 5.91. The molecule has 84 valence electrons. The fourth-order valence-electron chi connectivity index (χ4n) is 0.662. The number of carbonyl (C=O) groups is 4. The molecule has 0 aromatic rings. The Morgan fingerprint density at radius 2 is 1.53 bits per heavy atom. The molecule has 0 aliphatic heterocycles. The van der Waals surface area contributed by atoms with Crippen LogP contribution in [-0.2, 0) is 23.9 Å². The van der Waals surface area contributed by atoms with Gasteiger partial charge in [-0.25, -0.2) is 4.79 Å². The molecule has 0 heterocycles. The lowest BCUT2D eigenvalue weighted by atomic mass is 10.2. The summed E-state index contributed by atoms with van der Waals surface area (Å²) in [6, 6.07) is 0. The van der Waals surface area contributed by atoms with Gasteiger partial charge in [-0.05, 0) is 0 Å². The van der Waals surface area contributed by atoms with E-state index in [0.717, 1.165) is 0 Å². The van der Waals surface area contributed by atoms with Crippen molar-refractivity contribution >= 4 is 23.9 Å². The first-order valence-electron chi connectivity index (χ1n) is 3.68. The van der Waals surface area contributed by atoms with Crippen molar-refractivity contribution in [1.29, 1.82) is 0 Å². The molecule has 0 amide bonds. The molecule has 0 aromatic heterocycles. The van der Waals surface area contributed by atoms with Crippen LogP contribution >= 0.6 is 0 Å². The van der Waals surface area contributed by atoms with Crippen LogP contribution in [0.15, 0.2) is 0 Å². The summed E-state index contributed by atoms with van der Waals surface area (Å²) in [6.07, 6.45) is -3.79. The normalized spacial score (nSPS) is 11.5. The van der Waals surface area contributed by atoms with Crippen LogP contribution in [0.2, 0.25) is 0 Å². The molecule has 0 rings (SSSR count). The summed E-state index contributed by atoms with van der Waals surface area (Å²) >= 11 is 0. The summed E-state index contributed by atoms with van der Waals surface area (Å²) in [6.45, 7) is 0. The molecule has 0 spiro atoms. The summed E-state index contributed by atoms with van der Waals surface area (Å²) in [7, 11) is 0. The minimum atomic E-state index is -1.87. The Morgan fingerprint density at radius 3 is 1.87 bits per heavy atom. The van der Waals surface area contributed by atoms with Crippen LogP contribution in [0.5, 0.6) is 0 Å². The van der Waals surface area contributed by atoms with Crippen molar-refractivity contribution in [1.82, 2.24) is 0 Å². The van der Waals surface area contributed by atoms with E-state index in [-0.39, 0.29) is 0 Å². The maximum Gasteiger partial charge on any atom is 0.345 e. The van der Waals surface area contributed by atoms with Crippen molar-refractivity contribution in [3.63, 3.8) is 0 Å². The Bertz CT molecular complexity index is 293. The Labute approximate surface area is 83.1 Å². The number of rotatable bonds is 6. The molecule has 0 bridgehead atoms. The lowest BCUT2D eigenvalue weighted by molar-refractivity contribution is -0.169. The topological polar surface area (TPSA) is 138 Å². The van der Waals surface area contributed by atoms with Crippen LogP contribution in [0.1, 0.15) is 12.8 Å². The van der Waals surface area contributed by atoms with Gasteiger partial charge in [-0.15, -0.1) is 0 Å². The van der Waals surface area contributed by atoms with Crippen molar-refractivity contribution < 1.29 is 39.2 Å². The molecule has 0 radical (unpaired) electrons. The minimum Gasteiger partial charge on any atom is -0.481 e. The molecule has 0 aromatic carbocycles. The third kappa shape index (κ3) is 6.02. The van der Waals surface area contributed by atoms with Crippen LogP contribution in [0.3, 0.4) is 0 Å². The van der Waals surface area contributed by atoms with Gasteiger partial charge in [-0.1, -0.05) is 0 Å². The SMILES string of the molecule is O=C(O)CC(=O)OC(CC(=O)O)C(=O)O. The van der Waals surface area contributed by atoms with E-state index in [1.165, 1.54) is 0 Å². The van der Waals surface area contributed by atoms with Crippen molar-refractivity contribution in [2.24, 2.45) is 0 Å². The Kier molecular flexibility index (Phi) is 4.79. The van der Waals surface area contributed by atoms with Gasteiger partial charge in [0.15, 0.2) is 0 Å². The summed E-state index contributed by atoms with van der Waals surface area (Å²) in [4.78, 5) is 41.2. The molecule has 15 heavy (non-hydrogen) atoms. The second-order valence-electron chi connectivity index (χ2n) is 2.49. The number of ether oxygens (including phenoxy) is 1. The van der Waals surface area contributed by atoms with Gasteiger partial charge in [-0.2, -0.15) is 0 Å². The molecule has 8 nitrogen and oxygen atoms in total. The molecular formula is C7H8O8. The standard InChI is InChI=1S/C7H8O8/c8-4(9)1-3(7(13)14)15-6(12)2-5(10)11/h3H,1-2H2,(H,8,9)(H,10,11)(H,13,14). The third-order valence-electron chi connectivity index (χ3n) is 1.20. The molecule has 8 heteroatoms. The zero-order valence-corrected chi connectivity index (χ0v) is 7.37. The van der Waals surface area contributed by atoms with E-state index in [0.29, 0.717) is 0 Å². The van der Waals surface area contributed by atoms with E-state index in [9.17, 15) is 19.2 Å². The lowest BCUT2D eigenvalue weighted by Gasteiger charge is -2.10. The highest BCUT2D eigenvalue weighted by Crippen LogP contribution is 2.01. The first kappa shape index (κ1) is 12.9. The van der Waals surface area contributed by atoms with E-state index in [1.807, 2.05) is 0 Å². The molecule has 1 atom stereocenters. The van der Waals surface area contributed by atoms with Crippen LogP contribution < -0.4 is 0 Å². The average molecular weight is 220 g/mol. The molecule has 0 aliphatic carbocycles. The zero-order chi connectivity index (χ0) is 12.0. The van der Waals surface area contributed by atoms with Crippen molar-refractivity contribution in [3.05, 3.63) is 0 Å². The molecule has 0 aliphatic rings. The van der Waals surface area contributed by atoms with E-state index in [4.69, 9.17) is 15.3 Å². The van der Waals surface area contributed by atoms with Crippen LogP contribution in [0.25, 0.3) is 0 Å². The van der Waals surface area contributed by atoms with E-state index in [1.54, 1.807) is 0 Å². The van der Waals surface area contributed by atoms with E-state index in [2.05, 4.69) is 4.74 Å². The number of carbonyl (C=O) groups excluding carboxylic acids is 1. The van der Waals surface area contributed by atoms with Crippen molar-refractivity contribution in [3.8, 4) is 0 Å². The molecule has 3 N–H and O–H groups in total. The van der Waals surface area contributed by atoms with Crippen molar-refractivity contribution in [2.45, 2.75) is 18.9 Å². The van der Waals surface area contributed by atoms with Gasteiger partial charge in [-0.3, -0.25) is 14.4 Å². The minimum absolute atomic E-state index is 0.916. The van der Waals surface area contributed by atoms with E-state index < -0.39 is 42.8 Å². The number of esters is 1. The van der Waals surface area contributed by atoms with Crippen LogP contribution in [0, 0.1) is 0 Å². The fourth-order valence-corrected chi connectivity index (χ4v) is 0.662. The first-order valence-corrected chi connectivity index (χ1v) is 3.68. The number of hydrogen-bond donors (Lipinski definition) is 3. The second-order valence-corrected chi connectivity index (χ2v) is 2.49. The van der Waals surface area contributed by atoms with Crippen molar-refractivity contribution in [2.75, 3.05) is 0 Å². The third-order valence-corrected chi connectivity index (χ3v) is 1.20. The Hall–Kier alpha value is -2.12. The second kappa shape index (κ2) is 5.58. The Balaban J connectivity index is 4.28. The van der Waals surface area contributed by atoms with Gasteiger partial charge < -0.3 is 20.1 Å². The van der Waals surface area contributed by atoms with Gasteiger partial charge in [0.2, 0.25) is 6.10 Å². The maximum atomic E-state index is 10.7. The molecular weight excluding hydrogens is 212 g/mol. The highest BCUT2D eigenvalue weighted by atomic mass is 16.6. The summed E-state index contributed by atoms with van der Waals surface area (Å²) in [5.74, 6) is -5.89. The zero-order valence-electron chi connectivity index (χ0n) is 7.37. The van der Waals surface area contributed by atoms with Crippen LogP contribution in [0.4, 0.5) is 0 Å². The quantitative estimate of drug-likeness (QED) is 0.380. The van der Waals surface area contributed by atoms with E-state index >= 15 is 0 Å². The summed E-state index contributed by atoms with van der Waals surface area (Å²) in [5.41, 5.74) is 0. The monoisotopic (exact) mass is 220 g/mol. The number of carboxylic acids is 3. The van der Waals surface area contributed by atoms with Gasteiger partial charge in [0.05, 0.1) is 6.42 Å². The fraction of sp³-hybridized carbons (Fsp3) is 0.429. The number of hydrogen-bond acceptors (Lipinski definition) is 5. The van der Waals surface area contributed by atoms with Gasteiger partial charge in [0.1, 0.15) is 6.42 Å². The largest absolute Gasteiger partial charge is 0.481 e. The highest BCUT2D eigenvalue weighted by Gasteiger charge is 2.25. The van der Waals surface area contributed by atoms with Crippen LogP contribution in [-0.4, -0.2) is 45.3 Å². The summed E-state index contributed by atoms with van der Waals surface area (Å²) in [5, 5.41) is 24.8. The smallest absolute Gasteiger partial charge is 0.345 e. The first-order chi connectivity index (χ1) is 6.82. The average Bonchev–Trinajstić information content (AvgIpc) is 1.99. The van der Waals surface area contributed by atoms with Gasteiger partial charge >= 0.3 is 23.9 Å². The predicted molar refractivity (Wildman–Crippen MR) is 42.0 cm³/mol.